The summed E-state index contributed by atoms with van der Waals surface area (Å²) >= 11 is 3.34. The van der Waals surface area contributed by atoms with Crippen LogP contribution in [0.3, 0.4) is 0 Å². The molecule has 74 valence electrons. The van der Waals surface area contributed by atoms with Gasteiger partial charge in [0.25, 0.3) is 0 Å². The molecule has 0 unspecified atom stereocenters. The zero-order valence-electron chi connectivity index (χ0n) is 7.50. The molecule has 14 heavy (non-hydrogen) atoms. The minimum absolute atomic E-state index is 0.314. The molecule has 0 aliphatic carbocycles. The molecule has 2 rings (SSSR count). The average Bonchev–Trinajstić information content (AvgIpc) is 2.05. The van der Waals surface area contributed by atoms with Crippen LogP contribution in [0.4, 0.5) is 0 Å². The summed E-state index contributed by atoms with van der Waals surface area (Å²) in [5.41, 5.74) is 5.71. The van der Waals surface area contributed by atoms with Crippen LogP contribution < -0.4 is 5.73 Å². The Bertz CT molecular complexity index is 357. The fourth-order valence-corrected chi connectivity index (χ4v) is 1.79. The number of carbonyl (C=O) groups is 1. The molecule has 1 aromatic carbocycles. The van der Waals surface area contributed by atoms with Gasteiger partial charge in [0.15, 0.2) is 0 Å². The van der Waals surface area contributed by atoms with Gasteiger partial charge in [-0.25, -0.2) is 0 Å². The van der Waals surface area contributed by atoms with Crippen molar-refractivity contribution in [2.75, 3.05) is 13.2 Å². The Balaban J connectivity index is 2.37. The number of ether oxygens (including phenoxy) is 1. The first kappa shape index (κ1) is 9.68. The van der Waals surface area contributed by atoms with E-state index in [0.717, 1.165) is 10.0 Å². The summed E-state index contributed by atoms with van der Waals surface area (Å²) in [7, 11) is 0. The molecule has 1 saturated heterocycles. The lowest BCUT2D eigenvalue weighted by atomic mass is 9.78. The van der Waals surface area contributed by atoms with E-state index in [1.165, 1.54) is 0 Å². The van der Waals surface area contributed by atoms with Crippen molar-refractivity contribution in [3.05, 3.63) is 34.3 Å². The summed E-state index contributed by atoms with van der Waals surface area (Å²) < 4.78 is 6.06. The Morgan fingerprint density at radius 2 is 1.93 bits per heavy atom. The molecule has 1 amide bonds. The Kier molecular flexibility index (Phi) is 2.33. The van der Waals surface area contributed by atoms with Gasteiger partial charge >= 0.3 is 0 Å². The summed E-state index contributed by atoms with van der Waals surface area (Å²) in [6, 6.07) is 7.60. The molecule has 2 N–H and O–H groups in total. The lowest BCUT2D eigenvalue weighted by molar-refractivity contribution is -0.141. The summed E-state index contributed by atoms with van der Waals surface area (Å²) in [5.74, 6) is -0.314. The van der Waals surface area contributed by atoms with Crippen molar-refractivity contribution in [1.82, 2.24) is 0 Å². The predicted octanol–water partition coefficient (Wildman–Crippen LogP) is 1.20. The highest BCUT2D eigenvalue weighted by Crippen LogP contribution is 2.32. The summed E-state index contributed by atoms with van der Waals surface area (Å²) in [5, 5.41) is 0. The number of hydrogen-bond donors (Lipinski definition) is 1. The standard InChI is InChI=1S/C10H10BrNO2/c11-8-3-1-7(2-4-8)10(9(12)13)5-14-6-10/h1-4H,5-6H2,(H2,12,13). The molecule has 0 radical (unpaired) electrons. The van der Waals surface area contributed by atoms with E-state index in [-0.39, 0.29) is 5.91 Å². The van der Waals surface area contributed by atoms with Crippen molar-refractivity contribution in [3.8, 4) is 0 Å². The fourth-order valence-electron chi connectivity index (χ4n) is 1.53. The van der Waals surface area contributed by atoms with Crippen LogP contribution >= 0.6 is 15.9 Å². The normalized spacial score (nSPS) is 18.6. The van der Waals surface area contributed by atoms with Gasteiger partial charge in [-0.15, -0.1) is 0 Å². The van der Waals surface area contributed by atoms with Crippen molar-refractivity contribution in [2.45, 2.75) is 5.41 Å². The predicted molar refractivity (Wildman–Crippen MR) is 55.8 cm³/mol. The van der Waals surface area contributed by atoms with Gasteiger partial charge in [0.2, 0.25) is 5.91 Å². The molecular formula is C10H10BrNO2. The van der Waals surface area contributed by atoms with E-state index in [9.17, 15) is 4.79 Å². The van der Waals surface area contributed by atoms with E-state index in [0.29, 0.717) is 13.2 Å². The molecule has 0 saturated carbocycles. The van der Waals surface area contributed by atoms with E-state index >= 15 is 0 Å². The molecule has 0 atom stereocenters. The number of rotatable bonds is 2. The number of primary amides is 1. The van der Waals surface area contributed by atoms with Gasteiger partial charge in [-0.2, -0.15) is 0 Å². The van der Waals surface area contributed by atoms with Crippen LogP contribution in [0.5, 0.6) is 0 Å². The number of carbonyl (C=O) groups excluding carboxylic acids is 1. The first-order chi connectivity index (χ1) is 6.65. The Morgan fingerprint density at radius 3 is 2.29 bits per heavy atom. The van der Waals surface area contributed by atoms with Crippen LogP contribution in [-0.2, 0) is 14.9 Å². The second kappa shape index (κ2) is 3.37. The van der Waals surface area contributed by atoms with Gasteiger partial charge in [-0.3, -0.25) is 4.79 Å². The van der Waals surface area contributed by atoms with E-state index in [1.54, 1.807) is 0 Å². The van der Waals surface area contributed by atoms with Crippen molar-refractivity contribution in [1.29, 1.82) is 0 Å². The third kappa shape index (κ3) is 1.35. The highest BCUT2D eigenvalue weighted by Gasteiger charge is 2.45. The average molecular weight is 256 g/mol. The van der Waals surface area contributed by atoms with Crippen LogP contribution in [0.2, 0.25) is 0 Å². The first-order valence-electron chi connectivity index (χ1n) is 4.29. The molecule has 0 aromatic heterocycles. The SMILES string of the molecule is NC(=O)C1(c2ccc(Br)cc2)COC1. The van der Waals surface area contributed by atoms with Crippen molar-refractivity contribution < 1.29 is 9.53 Å². The van der Waals surface area contributed by atoms with Gasteiger partial charge in [0, 0.05) is 4.47 Å². The Hall–Kier alpha value is -0.870. The summed E-state index contributed by atoms with van der Waals surface area (Å²) in [4.78, 5) is 11.3. The lowest BCUT2D eigenvalue weighted by Crippen LogP contribution is -2.56. The van der Waals surface area contributed by atoms with E-state index in [4.69, 9.17) is 10.5 Å². The van der Waals surface area contributed by atoms with E-state index in [1.807, 2.05) is 24.3 Å². The molecule has 1 aliphatic heterocycles. The largest absolute Gasteiger partial charge is 0.378 e. The monoisotopic (exact) mass is 255 g/mol. The molecule has 1 heterocycles. The highest BCUT2D eigenvalue weighted by atomic mass is 79.9. The molecule has 4 heteroatoms. The van der Waals surface area contributed by atoms with Gasteiger partial charge in [0.1, 0.15) is 5.41 Å². The molecule has 1 fully saturated rings. The van der Waals surface area contributed by atoms with Gasteiger partial charge in [-0.1, -0.05) is 28.1 Å². The number of halogens is 1. The minimum Gasteiger partial charge on any atom is -0.378 e. The van der Waals surface area contributed by atoms with Gasteiger partial charge < -0.3 is 10.5 Å². The second-order valence-corrected chi connectivity index (χ2v) is 4.36. The summed E-state index contributed by atoms with van der Waals surface area (Å²) in [6.45, 7) is 0.786. The Morgan fingerprint density at radius 1 is 1.36 bits per heavy atom. The molecule has 3 nitrogen and oxygen atoms in total. The van der Waals surface area contributed by atoms with Crippen molar-refractivity contribution in [3.63, 3.8) is 0 Å². The van der Waals surface area contributed by atoms with Crippen LogP contribution in [-0.4, -0.2) is 19.1 Å². The van der Waals surface area contributed by atoms with Gasteiger partial charge in [0.05, 0.1) is 13.2 Å². The molecule has 0 bridgehead atoms. The van der Waals surface area contributed by atoms with Crippen LogP contribution in [0.25, 0.3) is 0 Å². The first-order valence-corrected chi connectivity index (χ1v) is 5.08. The minimum atomic E-state index is -0.597. The smallest absolute Gasteiger partial charge is 0.232 e. The highest BCUT2D eigenvalue weighted by molar-refractivity contribution is 9.10. The third-order valence-corrected chi connectivity index (χ3v) is 3.09. The maximum Gasteiger partial charge on any atom is 0.232 e. The maximum atomic E-state index is 11.3. The fraction of sp³-hybridized carbons (Fsp3) is 0.300. The molecular weight excluding hydrogens is 246 g/mol. The number of benzene rings is 1. The summed E-state index contributed by atoms with van der Waals surface area (Å²) in [6.07, 6.45) is 0. The topological polar surface area (TPSA) is 52.3 Å². The van der Waals surface area contributed by atoms with Crippen molar-refractivity contribution in [2.24, 2.45) is 5.73 Å². The number of nitrogens with two attached hydrogens (primary N) is 1. The molecule has 1 aromatic rings. The molecule has 0 spiro atoms. The maximum absolute atomic E-state index is 11.3. The van der Waals surface area contributed by atoms with Gasteiger partial charge in [-0.05, 0) is 17.7 Å². The van der Waals surface area contributed by atoms with Crippen LogP contribution in [0, 0.1) is 0 Å². The van der Waals surface area contributed by atoms with Crippen LogP contribution in [0.15, 0.2) is 28.7 Å². The van der Waals surface area contributed by atoms with Crippen LogP contribution in [0.1, 0.15) is 5.56 Å². The van der Waals surface area contributed by atoms with Crippen molar-refractivity contribution >= 4 is 21.8 Å². The number of hydrogen-bond acceptors (Lipinski definition) is 2. The zero-order chi connectivity index (χ0) is 10.2. The zero-order valence-corrected chi connectivity index (χ0v) is 9.08. The number of amides is 1. The Labute approximate surface area is 90.4 Å². The second-order valence-electron chi connectivity index (χ2n) is 3.45. The van der Waals surface area contributed by atoms with E-state index in [2.05, 4.69) is 15.9 Å². The van der Waals surface area contributed by atoms with E-state index < -0.39 is 5.41 Å². The quantitative estimate of drug-likeness (QED) is 0.864. The lowest BCUT2D eigenvalue weighted by Gasteiger charge is -2.38. The molecule has 1 aliphatic rings. The third-order valence-electron chi connectivity index (χ3n) is 2.57.